The normalized spacial score (nSPS) is 15.4. The molecule has 178 valence electrons. The van der Waals surface area contributed by atoms with E-state index in [0.717, 1.165) is 13.9 Å². The molecule has 3 rings (SSSR count). The molecule has 0 saturated carbocycles. The molecule has 1 aliphatic rings. The van der Waals surface area contributed by atoms with E-state index < -0.39 is 34.9 Å². The molecule has 1 aromatic carbocycles. The minimum atomic E-state index is -1.53. The van der Waals surface area contributed by atoms with Crippen molar-refractivity contribution in [2.45, 2.75) is 46.2 Å². The molecule has 0 bridgehead atoms. The van der Waals surface area contributed by atoms with Crippen LogP contribution in [-0.2, 0) is 19.1 Å². The van der Waals surface area contributed by atoms with Crippen molar-refractivity contribution in [2.24, 2.45) is 0 Å². The van der Waals surface area contributed by atoms with E-state index in [0.29, 0.717) is 0 Å². The van der Waals surface area contributed by atoms with Crippen LogP contribution in [0.2, 0.25) is 10.0 Å². The zero-order valence-electron chi connectivity index (χ0n) is 18.8. The minimum absolute atomic E-state index is 0.0000447. The molecule has 0 amide bonds. The van der Waals surface area contributed by atoms with E-state index >= 15 is 0 Å². The Balaban J connectivity index is 2.38. The van der Waals surface area contributed by atoms with Gasteiger partial charge in [0, 0.05) is 5.54 Å². The number of esters is 2. The number of carbonyl (C=O) groups excluding carboxylic acids is 2. The number of hydrogen-bond acceptors (Lipinski definition) is 7. The number of nitrogens with one attached hydrogen (secondary N) is 1. The van der Waals surface area contributed by atoms with Gasteiger partial charge in [0.25, 0.3) is 0 Å². The summed E-state index contributed by atoms with van der Waals surface area (Å²) in [7, 11) is 0. The highest BCUT2D eigenvalue weighted by atomic mass is 35.5. The zero-order valence-corrected chi connectivity index (χ0v) is 20.3. The Hall–Kier alpha value is -2.98. The first-order chi connectivity index (χ1) is 15.4. The van der Waals surface area contributed by atoms with Crippen LogP contribution in [0.15, 0.2) is 33.4 Å². The van der Waals surface area contributed by atoms with Gasteiger partial charge >= 0.3 is 23.3 Å². The summed E-state index contributed by atoms with van der Waals surface area (Å²) in [6, 6.07) is 2.71. The maximum absolute atomic E-state index is 13.5. The predicted octanol–water partition coefficient (Wildman–Crippen LogP) is 2.35. The number of benzene rings is 1. The predicted molar refractivity (Wildman–Crippen MR) is 123 cm³/mol. The average Bonchev–Trinajstić information content (AvgIpc) is 3.16. The van der Waals surface area contributed by atoms with E-state index in [-0.39, 0.29) is 40.3 Å². The maximum atomic E-state index is 13.5. The second-order valence-electron chi connectivity index (χ2n) is 8.17. The van der Waals surface area contributed by atoms with Crippen LogP contribution < -0.4 is 16.7 Å². The quantitative estimate of drug-likeness (QED) is 0.607. The third-order valence-corrected chi connectivity index (χ3v) is 5.36. The third kappa shape index (κ3) is 4.45. The Morgan fingerprint density at radius 1 is 1.03 bits per heavy atom. The Labute approximate surface area is 199 Å². The van der Waals surface area contributed by atoms with Crippen LogP contribution in [-0.4, -0.2) is 44.6 Å². The maximum Gasteiger partial charge on any atom is 0.358 e. The Kier molecular flexibility index (Phi) is 6.80. The summed E-state index contributed by atoms with van der Waals surface area (Å²) in [6.07, 6.45) is 0. The zero-order chi connectivity index (χ0) is 24.7. The van der Waals surface area contributed by atoms with Crippen molar-refractivity contribution in [3.8, 4) is 5.69 Å². The molecule has 1 aliphatic heterocycles. The molecule has 33 heavy (non-hydrogen) atoms. The van der Waals surface area contributed by atoms with Gasteiger partial charge in [-0.05, 0) is 52.8 Å². The number of rotatable bonds is 6. The minimum Gasteiger partial charge on any atom is -0.464 e. The molecular formula is C21H24Cl2N4O6. The molecule has 2 aromatic rings. The largest absolute Gasteiger partial charge is 0.464 e. The standard InChI is InChI=1S/C21H24Cl2N4O6/c1-6-32-17(28)14-15(18(29)33-7-2)26-19(30)25(11-8-9-12(22)13(23)10-11)20(31)27(26)16(14)24-21(3,4)5/h8-10,15,24H,6-7H2,1-5H3. The Bertz CT molecular complexity index is 1270. The van der Waals surface area contributed by atoms with Gasteiger partial charge in [-0.1, -0.05) is 23.2 Å². The van der Waals surface area contributed by atoms with Crippen molar-refractivity contribution in [3.63, 3.8) is 0 Å². The number of hydrogen-bond donors (Lipinski definition) is 1. The fourth-order valence-electron chi connectivity index (χ4n) is 3.43. The molecule has 1 unspecified atom stereocenters. The summed E-state index contributed by atoms with van der Waals surface area (Å²) in [6.45, 7) is 8.61. The first-order valence-corrected chi connectivity index (χ1v) is 11.0. The van der Waals surface area contributed by atoms with Crippen molar-refractivity contribution in [1.82, 2.24) is 19.2 Å². The molecule has 0 saturated heterocycles. The summed E-state index contributed by atoms with van der Waals surface area (Å²) in [4.78, 5) is 52.7. The molecule has 1 aromatic heterocycles. The van der Waals surface area contributed by atoms with Crippen LogP contribution in [0.5, 0.6) is 0 Å². The van der Waals surface area contributed by atoms with Gasteiger partial charge in [0.1, 0.15) is 11.4 Å². The molecule has 0 fully saturated rings. The smallest absolute Gasteiger partial charge is 0.358 e. The fraction of sp³-hybridized carbons (Fsp3) is 0.429. The lowest BCUT2D eigenvalue weighted by Gasteiger charge is -2.23. The Morgan fingerprint density at radius 2 is 1.67 bits per heavy atom. The van der Waals surface area contributed by atoms with Crippen LogP contribution in [0.25, 0.3) is 11.5 Å². The number of carbonyl (C=O) groups is 2. The number of aromatic nitrogens is 3. The summed E-state index contributed by atoms with van der Waals surface area (Å²) in [5.41, 5.74) is -2.39. The van der Waals surface area contributed by atoms with E-state index in [2.05, 4.69) is 5.32 Å². The first-order valence-electron chi connectivity index (χ1n) is 10.2. The monoisotopic (exact) mass is 498 g/mol. The molecule has 10 nitrogen and oxygen atoms in total. The molecule has 1 N–H and O–H groups in total. The number of ether oxygens (including phenoxy) is 2. The highest BCUT2D eigenvalue weighted by molar-refractivity contribution is 6.42. The molecular weight excluding hydrogens is 475 g/mol. The number of halogens is 2. The average molecular weight is 499 g/mol. The van der Waals surface area contributed by atoms with Crippen LogP contribution >= 0.6 is 23.2 Å². The van der Waals surface area contributed by atoms with E-state index in [4.69, 9.17) is 32.7 Å². The lowest BCUT2D eigenvalue weighted by atomic mass is 10.1. The van der Waals surface area contributed by atoms with Crippen molar-refractivity contribution in [1.29, 1.82) is 0 Å². The summed E-state index contributed by atoms with van der Waals surface area (Å²) >= 11 is 12.0. The van der Waals surface area contributed by atoms with Crippen molar-refractivity contribution < 1.29 is 19.1 Å². The lowest BCUT2D eigenvalue weighted by Crippen LogP contribution is -2.40. The first kappa shape index (κ1) is 24.7. The molecule has 0 radical (unpaired) electrons. The van der Waals surface area contributed by atoms with Gasteiger partial charge in [0.05, 0.1) is 28.9 Å². The van der Waals surface area contributed by atoms with Gasteiger partial charge in [-0.2, -0.15) is 4.68 Å². The number of fused-ring (bicyclic) bond motifs is 1. The van der Waals surface area contributed by atoms with Gasteiger partial charge < -0.3 is 14.8 Å². The Morgan fingerprint density at radius 3 is 2.21 bits per heavy atom. The molecule has 0 aliphatic carbocycles. The summed E-state index contributed by atoms with van der Waals surface area (Å²) in [5.74, 6) is -1.77. The van der Waals surface area contributed by atoms with Crippen LogP contribution in [0.1, 0.15) is 40.7 Å². The van der Waals surface area contributed by atoms with Crippen LogP contribution in [0.3, 0.4) is 0 Å². The topological polar surface area (TPSA) is 114 Å². The van der Waals surface area contributed by atoms with E-state index in [1.165, 1.54) is 18.2 Å². The molecule has 0 spiro atoms. The second kappa shape index (κ2) is 9.11. The van der Waals surface area contributed by atoms with E-state index in [1.54, 1.807) is 34.6 Å². The molecule has 12 heteroatoms. The SMILES string of the molecule is CCOC(=O)C1=C(NC(C)(C)C)n2c(=O)n(-c3ccc(Cl)c(Cl)c3)c(=O)n2C1C(=O)OCC. The molecule has 2 heterocycles. The van der Waals surface area contributed by atoms with Gasteiger partial charge in [-0.25, -0.2) is 28.4 Å². The number of nitrogens with zero attached hydrogens (tertiary/aromatic N) is 3. The van der Waals surface area contributed by atoms with E-state index in [1.807, 2.05) is 0 Å². The second-order valence-corrected chi connectivity index (χ2v) is 8.98. The van der Waals surface area contributed by atoms with Crippen molar-refractivity contribution >= 4 is 41.0 Å². The van der Waals surface area contributed by atoms with E-state index in [9.17, 15) is 19.2 Å². The van der Waals surface area contributed by atoms with Crippen LogP contribution in [0, 0.1) is 0 Å². The molecule has 1 atom stereocenters. The van der Waals surface area contributed by atoms with Gasteiger partial charge in [0.2, 0.25) is 0 Å². The highest BCUT2D eigenvalue weighted by Crippen LogP contribution is 2.32. The fourth-order valence-corrected chi connectivity index (χ4v) is 3.72. The lowest BCUT2D eigenvalue weighted by molar-refractivity contribution is -0.149. The summed E-state index contributed by atoms with van der Waals surface area (Å²) < 4.78 is 12.9. The summed E-state index contributed by atoms with van der Waals surface area (Å²) in [5, 5.41) is 3.43. The third-order valence-electron chi connectivity index (χ3n) is 4.62. The van der Waals surface area contributed by atoms with Crippen LogP contribution in [0.4, 0.5) is 0 Å². The highest BCUT2D eigenvalue weighted by Gasteiger charge is 2.46. The van der Waals surface area contributed by atoms with Crippen molar-refractivity contribution in [3.05, 3.63) is 54.8 Å². The van der Waals surface area contributed by atoms with Gasteiger partial charge in [-0.15, -0.1) is 0 Å². The van der Waals surface area contributed by atoms with Gasteiger partial charge in [-0.3, -0.25) is 0 Å². The van der Waals surface area contributed by atoms with Gasteiger partial charge in [0.15, 0.2) is 6.04 Å². The van der Waals surface area contributed by atoms with Crippen molar-refractivity contribution in [2.75, 3.05) is 13.2 Å².